The maximum atomic E-state index is 13.5. The quantitative estimate of drug-likeness (QED) is 0.547. The van der Waals surface area contributed by atoms with Gasteiger partial charge in [0.05, 0.1) is 11.9 Å². The van der Waals surface area contributed by atoms with E-state index in [0.717, 1.165) is 33.7 Å². The fraction of sp³-hybridized carbons (Fsp3) is 0.417. The van der Waals surface area contributed by atoms with Crippen LogP contribution in [-0.4, -0.2) is 50.5 Å². The van der Waals surface area contributed by atoms with Crippen LogP contribution in [0.25, 0.3) is 0 Å². The number of carbonyl (C=O) groups is 2. The molecule has 2 aromatic carbocycles. The highest BCUT2D eigenvalue weighted by atomic mass is 35.5. The van der Waals surface area contributed by atoms with Crippen molar-refractivity contribution in [3.8, 4) is 0 Å². The van der Waals surface area contributed by atoms with Crippen LogP contribution in [0.1, 0.15) is 37.0 Å². The lowest BCUT2D eigenvalue weighted by molar-refractivity contribution is -0.139. The second-order valence-electron chi connectivity index (χ2n) is 8.11. The Labute approximate surface area is 201 Å². The highest BCUT2D eigenvalue weighted by molar-refractivity contribution is 7.92. The molecule has 0 aliphatic carbocycles. The van der Waals surface area contributed by atoms with Crippen molar-refractivity contribution in [3.63, 3.8) is 0 Å². The molecule has 0 fully saturated rings. The molecule has 0 unspecified atom stereocenters. The first-order valence-electron chi connectivity index (χ1n) is 10.8. The molecular formula is C24H32ClN3O4S. The summed E-state index contributed by atoms with van der Waals surface area (Å²) in [7, 11) is -3.76. The first-order chi connectivity index (χ1) is 15.5. The highest BCUT2D eigenvalue weighted by Gasteiger charge is 2.30. The van der Waals surface area contributed by atoms with Gasteiger partial charge >= 0.3 is 0 Å². The normalized spacial score (nSPS) is 12.2. The number of hydrogen-bond donors (Lipinski definition) is 1. The molecule has 0 spiro atoms. The van der Waals surface area contributed by atoms with E-state index >= 15 is 0 Å². The molecule has 9 heteroatoms. The summed E-state index contributed by atoms with van der Waals surface area (Å²) in [6.07, 6.45) is 1.83. The number of nitrogens with zero attached hydrogens (tertiary/aromatic N) is 2. The molecular weight excluding hydrogens is 462 g/mol. The molecule has 2 aromatic rings. The fourth-order valence-electron chi connectivity index (χ4n) is 3.41. The van der Waals surface area contributed by atoms with Gasteiger partial charge in [0.1, 0.15) is 12.6 Å². The maximum absolute atomic E-state index is 13.5. The average molecular weight is 494 g/mol. The Balaban J connectivity index is 2.42. The van der Waals surface area contributed by atoms with E-state index in [2.05, 4.69) is 5.32 Å². The first kappa shape index (κ1) is 26.7. The Morgan fingerprint density at radius 3 is 2.39 bits per heavy atom. The Morgan fingerprint density at radius 2 is 1.79 bits per heavy atom. The van der Waals surface area contributed by atoms with Crippen LogP contribution >= 0.6 is 11.6 Å². The number of halogens is 1. The topological polar surface area (TPSA) is 86.8 Å². The molecule has 7 nitrogen and oxygen atoms in total. The summed E-state index contributed by atoms with van der Waals surface area (Å²) in [5, 5.41) is 3.32. The van der Waals surface area contributed by atoms with E-state index in [9.17, 15) is 18.0 Å². The molecule has 0 bridgehead atoms. The SMILES string of the molecule is CCCNC(=O)[C@H](C)N(Cc1cccc(Cl)c1)C(=O)CN(c1cccc(C)c1C)S(C)(=O)=O. The Morgan fingerprint density at radius 1 is 1.12 bits per heavy atom. The molecule has 2 amide bonds. The number of rotatable bonds is 10. The van der Waals surface area contributed by atoms with Gasteiger partial charge in [0.15, 0.2) is 0 Å². The zero-order chi connectivity index (χ0) is 24.8. The molecule has 0 heterocycles. The largest absolute Gasteiger partial charge is 0.354 e. The summed E-state index contributed by atoms with van der Waals surface area (Å²) in [4.78, 5) is 27.6. The van der Waals surface area contributed by atoms with Crippen LogP contribution in [0.5, 0.6) is 0 Å². The molecule has 180 valence electrons. The minimum atomic E-state index is -3.76. The van der Waals surface area contributed by atoms with Crippen molar-refractivity contribution in [2.75, 3.05) is 23.7 Å². The van der Waals surface area contributed by atoms with E-state index in [4.69, 9.17) is 11.6 Å². The molecule has 1 atom stereocenters. The first-order valence-corrected chi connectivity index (χ1v) is 13.0. The molecule has 1 N–H and O–H groups in total. The van der Waals surface area contributed by atoms with Crippen molar-refractivity contribution in [2.24, 2.45) is 0 Å². The Kier molecular flexibility index (Phi) is 9.31. The minimum Gasteiger partial charge on any atom is -0.354 e. The summed E-state index contributed by atoms with van der Waals surface area (Å²) in [6, 6.07) is 11.5. The number of hydrogen-bond acceptors (Lipinski definition) is 4. The van der Waals surface area contributed by atoms with E-state index in [1.54, 1.807) is 37.3 Å². The number of nitrogens with one attached hydrogen (secondary N) is 1. The average Bonchev–Trinajstić information content (AvgIpc) is 2.75. The predicted molar refractivity (Wildman–Crippen MR) is 133 cm³/mol. The summed E-state index contributed by atoms with van der Waals surface area (Å²) in [5.74, 6) is -0.787. The van der Waals surface area contributed by atoms with Crippen LogP contribution in [0.3, 0.4) is 0 Å². The van der Waals surface area contributed by atoms with Crippen LogP contribution < -0.4 is 9.62 Å². The number of amides is 2. The molecule has 0 saturated heterocycles. The number of anilines is 1. The minimum absolute atomic E-state index is 0.116. The summed E-state index contributed by atoms with van der Waals surface area (Å²) >= 11 is 6.10. The van der Waals surface area contributed by atoms with E-state index in [1.807, 2.05) is 32.9 Å². The van der Waals surface area contributed by atoms with Crippen LogP contribution in [0.4, 0.5) is 5.69 Å². The number of sulfonamides is 1. The van der Waals surface area contributed by atoms with Gasteiger partial charge in [-0.05, 0) is 62.1 Å². The van der Waals surface area contributed by atoms with E-state index in [-0.39, 0.29) is 12.5 Å². The van der Waals surface area contributed by atoms with Crippen LogP contribution in [0.2, 0.25) is 5.02 Å². The van der Waals surface area contributed by atoms with Crippen LogP contribution in [-0.2, 0) is 26.2 Å². The van der Waals surface area contributed by atoms with Crippen molar-refractivity contribution < 1.29 is 18.0 Å². The van der Waals surface area contributed by atoms with Gasteiger partial charge in [0.25, 0.3) is 0 Å². The van der Waals surface area contributed by atoms with Gasteiger partial charge < -0.3 is 10.2 Å². The van der Waals surface area contributed by atoms with Gasteiger partial charge in [-0.1, -0.05) is 42.8 Å². The summed E-state index contributed by atoms with van der Waals surface area (Å²) < 4.78 is 26.4. The molecule has 0 aromatic heterocycles. The smallest absolute Gasteiger partial charge is 0.244 e. The van der Waals surface area contributed by atoms with Gasteiger partial charge in [0.2, 0.25) is 21.8 Å². The fourth-order valence-corrected chi connectivity index (χ4v) is 4.52. The molecule has 0 radical (unpaired) electrons. The van der Waals surface area contributed by atoms with Gasteiger partial charge in [-0.2, -0.15) is 0 Å². The van der Waals surface area contributed by atoms with Crippen molar-refractivity contribution in [2.45, 2.75) is 46.7 Å². The highest BCUT2D eigenvalue weighted by Crippen LogP contribution is 2.25. The third-order valence-electron chi connectivity index (χ3n) is 5.48. The van der Waals surface area contributed by atoms with E-state index < -0.39 is 28.5 Å². The van der Waals surface area contributed by atoms with Crippen molar-refractivity contribution in [1.82, 2.24) is 10.2 Å². The second-order valence-corrected chi connectivity index (χ2v) is 10.5. The zero-order valence-corrected chi connectivity index (χ0v) is 21.3. The predicted octanol–water partition coefficient (Wildman–Crippen LogP) is 3.67. The Bertz CT molecular complexity index is 1100. The lowest BCUT2D eigenvalue weighted by atomic mass is 10.1. The monoisotopic (exact) mass is 493 g/mol. The van der Waals surface area contributed by atoms with Gasteiger partial charge in [-0.25, -0.2) is 8.42 Å². The third-order valence-corrected chi connectivity index (χ3v) is 6.84. The number of aryl methyl sites for hydroxylation is 1. The molecule has 0 saturated carbocycles. The van der Waals surface area contributed by atoms with Crippen LogP contribution in [0.15, 0.2) is 42.5 Å². The standard InChI is InChI=1S/C24H32ClN3O4S/c1-6-13-26-24(30)19(4)27(15-20-10-8-11-21(25)14-20)23(29)16-28(33(5,31)32)22-12-7-9-17(2)18(22)3/h7-12,14,19H,6,13,15-16H2,1-5H3,(H,26,30)/t19-/m0/s1. The summed E-state index contributed by atoms with van der Waals surface area (Å²) in [5.41, 5.74) is 2.86. The zero-order valence-electron chi connectivity index (χ0n) is 19.8. The Hall–Kier alpha value is -2.58. The van der Waals surface area contributed by atoms with Crippen molar-refractivity contribution in [1.29, 1.82) is 0 Å². The molecule has 0 aliphatic rings. The van der Waals surface area contributed by atoms with Crippen LogP contribution in [0, 0.1) is 13.8 Å². The van der Waals surface area contributed by atoms with Gasteiger partial charge in [0, 0.05) is 18.1 Å². The van der Waals surface area contributed by atoms with Crippen molar-refractivity contribution >= 4 is 39.1 Å². The number of benzene rings is 2. The van der Waals surface area contributed by atoms with E-state index in [1.165, 1.54) is 4.90 Å². The maximum Gasteiger partial charge on any atom is 0.244 e. The lowest BCUT2D eigenvalue weighted by Gasteiger charge is -2.32. The second kappa shape index (κ2) is 11.5. The summed E-state index contributed by atoms with van der Waals surface area (Å²) in [6.45, 7) is 7.45. The van der Waals surface area contributed by atoms with Crippen molar-refractivity contribution in [3.05, 3.63) is 64.2 Å². The van der Waals surface area contributed by atoms with Gasteiger partial charge in [-0.15, -0.1) is 0 Å². The van der Waals surface area contributed by atoms with E-state index in [0.29, 0.717) is 17.3 Å². The van der Waals surface area contributed by atoms with Gasteiger partial charge in [-0.3, -0.25) is 13.9 Å². The lowest BCUT2D eigenvalue weighted by Crippen LogP contribution is -2.51. The molecule has 33 heavy (non-hydrogen) atoms. The molecule has 0 aliphatic heterocycles. The third kappa shape index (κ3) is 7.20. The molecule has 2 rings (SSSR count). The number of carbonyl (C=O) groups excluding carboxylic acids is 2.